The third-order valence-electron chi connectivity index (χ3n) is 7.18. The molecule has 0 bridgehead atoms. The van der Waals surface area contributed by atoms with E-state index < -0.39 is 0 Å². The molecule has 3 aromatic rings. The summed E-state index contributed by atoms with van der Waals surface area (Å²) in [5.41, 5.74) is 4.35. The van der Waals surface area contributed by atoms with Gasteiger partial charge in [0.2, 0.25) is 0 Å². The molecule has 2 amide bonds. The van der Waals surface area contributed by atoms with Crippen LogP contribution in [0.15, 0.2) is 53.9 Å². The second-order valence-corrected chi connectivity index (χ2v) is 10.3. The van der Waals surface area contributed by atoms with Crippen molar-refractivity contribution >= 4 is 28.8 Å². The number of para-hydroxylation sites is 1. The van der Waals surface area contributed by atoms with Gasteiger partial charge >= 0.3 is 0 Å². The van der Waals surface area contributed by atoms with Crippen LogP contribution in [-0.2, 0) is 0 Å². The number of amides is 2. The maximum Gasteiger partial charge on any atom is 0.255 e. The van der Waals surface area contributed by atoms with Crippen molar-refractivity contribution in [3.8, 4) is 16.2 Å². The Morgan fingerprint density at radius 2 is 2.00 bits per heavy atom. The fourth-order valence-electron chi connectivity index (χ4n) is 5.28. The Morgan fingerprint density at radius 1 is 1.15 bits per heavy atom. The average Bonchev–Trinajstić information content (AvgIpc) is 3.29. The quantitative estimate of drug-likeness (QED) is 0.576. The van der Waals surface area contributed by atoms with Gasteiger partial charge in [0.25, 0.3) is 11.8 Å². The number of carbonyl (C=O) groups is 2. The molecule has 3 atom stereocenters. The number of rotatable bonds is 5. The number of carbonyl (C=O) groups excluding carboxylic acids is 2. The lowest BCUT2D eigenvalue weighted by atomic mass is 10.1. The van der Waals surface area contributed by atoms with Crippen LogP contribution in [0.3, 0.4) is 0 Å². The predicted molar refractivity (Wildman–Crippen MR) is 134 cm³/mol. The number of fused-ring (bicyclic) bond motifs is 2. The summed E-state index contributed by atoms with van der Waals surface area (Å²) >= 11 is 1.60. The first kappa shape index (κ1) is 21.2. The summed E-state index contributed by atoms with van der Waals surface area (Å²) < 4.78 is 5.67. The molecule has 1 aliphatic carbocycles. The van der Waals surface area contributed by atoms with Crippen molar-refractivity contribution in [2.24, 2.45) is 11.8 Å². The zero-order valence-corrected chi connectivity index (χ0v) is 19.9. The number of benzene rings is 2. The molecule has 2 N–H and O–H groups in total. The molecule has 2 aliphatic heterocycles. The van der Waals surface area contributed by atoms with Crippen LogP contribution in [-0.4, -0.2) is 49.0 Å². The maximum atomic E-state index is 13.6. The molecule has 6 rings (SSSR count). The van der Waals surface area contributed by atoms with Crippen LogP contribution in [0.2, 0.25) is 0 Å². The number of hydrogen-bond donors (Lipinski definition) is 2. The van der Waals surface area contributed by atoms with Crippen LogP contribution in [0.25, 0.3) is 10.4 Å². The molecule has 0 radical (unpaired) electrons. The molecule has 7 heteroatoms. The van der Waals surface area contributed by atoms with Crippen molar-refractivity contribution < 1.29 is 14.3 Å². The Morgan fingerprint density at radius 3 is 2.85 bits per heavy atom. The van der Waals surface area contributed by atoms with E-state index >= 15 is 0 Å². The highest BCUT2D eigenvalue weighted by Crippen LogP contribution is 2.50. The number of aryl methyl sites for hydroxylation is 1. The summed E-state index contributed by atoms with van der Waals surface area (Å²) in [4.78, 5) is 29.7. The molecule has 1 saturated heterocycles. The normalized spacial score (nSPS) is 22.3. The highest BCUT2D eigenvalue weighted by atomic mass is 32.1. The molecule has 174 valence electrons. The van der Waals surface area contributed by atoms with Gasteiger partial charge in [0, 0.05) is 24.5 Å². The van der Waals surface area contributed by atoms with Crippen LogP contribution in [0.4, 0.5) is 5.69 Å². The van der Waals surface area contributed by atoms with E-state index in [1.54, 1.807) is 11.3 Å². The molecule has 34 heavy (non-hydrogen) atoms. The van der Waals surface area contributed by atoms with Gasteiger partial charge in [-0.3, -0.25) is 9.59 Å². The second kappa shape index (κ2) is 8.47. The van der Waals surface area contributed by atoms with Crippen LogP contribution in [0.5, 0.6) is 5.75 Å². The van der Waals surface area contributed by atoms with Gasteiger partial charge in [-0.2, -0.15) is 0 Å². The largest absolute Gasteiger partial charge is 0.490 e. The van der Waals surface area contributed by atoms with Crippen molar-refractivity contribution in [2.45, 2.75) is 19.4 Å². The molecule has 1 saturated carbocycles. The van der Waals surface area contributed by atoms with E-state index in [0.29, 0.717) is 42.8 Å². The van der Waals surface area contributed by atoms with Gasteiger partial charge < -0.3 is 20.3 Å². The number of nitrogens with one attached hydrogen (secondary N) is 2. The maximum absolute atomic E-state index is 13.6. The Bertz CT molecular complexity index is 1250. The fraction of sp³-hybridized carbons (Fsp3) is 0.333. The third kappa shape index (κ3) is 3.74. The summed E-state index contributed by atoms with van der Waals surface area (Å²) in [5, 5.41) is 8.37. The number of piperidine rings is 1. The van der Waals surface area contributed by atoms with Gasteiger partial charge in [-0.15, -0.1) is 11.3 Å². The van der Waals surface area contributed by atoms with Gasteiger partial charge in [0.15, 0.2) is 0 Å². The van der Waals surface area contributed by atoms with Crippen molar-refractivity contribution in [1.82, 2.24) is 10.2 Å². The van der Waals surface area contributed by atoms with Crippen LogP contribution < -0.4 is 15.4 Å². The number of hydrogen-bond acceptors (Lipinski definition) is 5. The molecular formula is C27H27N3O3S. The Balaban J connectivity index is 1.19. The van der Waals surface area contributed by atoms with Crippen molar-refractivity contribution in [3.05, 3.63) is 70.6 Å². The molecule has 0 spiro atoms. The first-order chi connectivity index (χ1) is 16.6. The Labute approximate surface area is 202 Å². The van der Waals surface area contributed by atoms with E-state index in [1.807, 2.05) is 34.5 Å². The first-order valence-corrected chi connectivity index (χ1v) is 12.7. The fourth-order valence-corrected chi connectivity index (χ4v) is 6.17. The molecule has 2 fully saturated rings. The molecule has 1 aromatic heterocycles. The smallest absolute Gasteiger partial charge is 0.255 e. The summed E-state index contributed by atoms with van der Waals surface area (Å²) in [6, 6.07) is 15.8. The van der Waals surface area contributed by atoms with E-state index in [9.17, 15) is 9.59 Å². The van der Waals surface area contributed by atoms with E-state index in [1.165, 1.54) is 5.56 Å². The lowest BCUT2D eigenvalue weighted by molar-refractivity contribution is 0.0696. The minimum atomic E-state index is -0.137. The third-order valence-corrected chi connectivity index (χ3v) is 8.14. The second-order valence-electron chi connectivity index (χ2n) is 9.38. The number of thiophene rings is 1. The number of ether oxygens (including phenoxy) is 1. The SMILES string of the molecule is Cc1ccc(-c2sccc2C(=O)N2C[C@@H]3C[C@@H]3[C@H]2CNC(=O)c2cccc3c2NCCO3)cc1. The van der Waals surface area contributed by atoms with Crippen LogP contribution >= 0.6 is 11.3 Å². The standard InChI is InChI=1S/C27H27N3O3S/c1-16-5-7-17(8-6-16)25-20(9-12-34-25)27(32)30-15-18-13-21(18)22(30)14-29-26(31)19-3-2-4-23-24(19)28-10-11-33-23/h2-9,12,18,21-22,28H,10-11,13-15H2,1H3,(H,29,31)/t18-,21-,22+/m0/s1. The number of likely N-dealkylation sites (tertiary alicyclic amines) is 1. The van der Waals surface area contributed by atoms with E-state index in [2.05, 4.69) is 41.8 Å². The van der Waals surface area contributed by atoms with Crippen molar-refractivity contribution in [3.63, 3.8) is 0 Å². The number of nitrogens with zero attached hydrogens (tertiary/aromatic N) is 1. The summed E-state index contributed by atoms with van der Waals surface area (Å²) in [5.74, 6) is 1.65. The Hall–Kier alpha value is -3.32. The van der Waals surface area contributed by atoms with Gasteiger partial charge in [0.1, 0.15) is 12.4 Å². The molecule has 3 heterocycles. The summed E-state index contributed by atoms with van der Waals surface area (Å²) in [6.07, 6.45) is 1.13. The summed E-state index contributed by atoms with van der Waals surface area (Å²) in [7, 11) is 0. The van der Waals surface area contributed by atoms with Gasteiger partial charge in [-0.25, -0.2) is 0 Å². The molecule has 2 aromatic carbocycles. The molecule has 0 unspecified atom stereocenters. The average molecular weight is 474 g/mol. The van der Waals surface area contributed by atoms with Gasteiger partial charge in [-0.05, 0) is 54.3 Å². The minimum Gasteiger partial charge on any atom is -0.490 e. The minimum absolute atomic E-state index is 0.0240. The lowest BCUT2D eigenvalue weighted by Crippen LogP contribution is -2.45. The highest BCUT2D eigenvalue weighted by molar-refractivity contribution is 7.14. The highest BCUT2D eigenvalue weighted by Gasteiger charge is 2.54. The van der Waals surface area contributed by atoms with E-state index in [4.69, 9.17) is 4.74 Å². The predicted octanol–water partition coefficient (Wildman–Crippen LogP) is 4.42. The van der Waals surface area contributed by atoms with E-state index in [-0.39, 0.29) is 17.9 Å². The first-order valence-electron chi connectivity index (χ1n) is 11.8. The topological polar surface area (TPSA) is 70.7 Å². The van der Waals surface area contributed by atoms with Gasteiger partial charge in [-0.1, -0.05) is 35.9 Å². The van der Waals surface area contributed by atoms with Crippen LogP contribution in [0.1, 0.15) is 32.7 Å². The Kier molecular flexibility index (Phi) is 5.29. The molecule has 6 nitrogen and oxygen atoms in total. The van der Waals surface area contributed by atoms with Crippen LogP contribution in [0, 0.1) is 18.8 Å². The zero-order valence-electron chi connectivity index (χ0n) is 19.0. The lowest BCUT2D eigenvalue weighted by Gasteiger charge is -2.28. The number of anilines is 1. The van der Waals surface area contributed by atoms with Gasteiger partial charge in [0.05, 0.1) is 22.9 Å². The summed E-state index contributed by atoms with van der Waals surface area (Å²) in [6.45, 7) is 4.56. The van der Waals surface area contributed by atoms with Crippen molar-refractivity contribution in [1.29, 1.82) is 0 Å². The van der Waals surface area contributed by atoms with E-state index in [0.717, 1.165) is 34.7 Å². The molecule has 3 aliphatic rings. The molecular weight excluding hydrogens is 446 g/mol. The van der Waals surface area contributed by atoms with Crippen molar-refractivity contribution in [2.75, 3.05) is 31.6 Å². The monoisotopic (exact) mass is 473 g/mol. The zero-order chi connectivity index (χ0) is 23.2.